The topological polar surface area (TPSA) is 128 Å². The molecule has 0 aromatic heterocycles. The fourth-order valence-corrected chi connectivity index (χ4v) is 4.69. The van der Waals surface area contributed by atoms with Crippen LogP contribution in [0, 0.1) is 13.8 Å². The Morgan fingerprint density at radius 1 is 0.867 bits per heavy atom. The van der Waals surface area contributed by atoms with Crippen LogP contribution in [0.4, 0.5) is 0 Å². The summed E-state index contributed by atoms with van der Waals surface area (Å²) >= 11 is 0. The van der Waals surface area contributed by atoms with E-state index in [0.29, 0.717) is 22.3 Å². The molecule has 2 rings (SSSR count). The average molecular weight is 439 g/mol. The van der Waals surface area contributed by atoms with Gasteiger partial charge in [0.1, 0.15) is 23.0 Å². The van der Waals surface area contributed by atoms with Crippen molar-refractivity contribution in [2.24, 2.45) is 0 Å². The highest BCUT2D eigenvalue weighted by Crippen LogP contribution is 2.47. The Balaban J connectivity index is 2.42. The molecule has 0 radical (unpaired) electrons. The highest BCUT2D eigenvalue weighted by molar-refractivity contribution is 7.53. The summed E-state index contributed by atoms with van der Waals surface area (Å²) in [7, 11) is -3.33. The third-order valence-corrected chi connectivity index (χ3v) is 6.84. The van der Waals surface area contributed by atoms with Crippen LogP contribution in [0.1, 0.15) is 42.0 Å². The lowest BCUT2D eigenvalue weighted by atomic mass is 9.87. The number of rotatable bonds is 10. The Bertz CT molecular complexity index is 865. The van der Waals surface area contributed by atoms with Crippen LogP contribution in [0.2, 0.25) is 0 Å². The summed E-state index contributed by atoms with van der Waals surface area (Å²) in [4.78, 5) is 0. The standard InChI is InChI=1S/C21H30NO7P/c1-5-28-30(27,29-6-2)12-22-11-17(15-7-9-18(23)13(3)20(15)25)16-8-10-19(24)14(4)21(16)26/h7-10,17,22-26H,5-6,11-12H2,1-4H3. The predicted octanol–water partition coefficient (Wildman–Crippen LogP) is 4.07. The van der Waals surface area contributed by atoms with Gasteiger partial charge in [-0.05, 0) is 39.8 Å². The molecule has 166 valence electrons. The van der Waals surface area contributed by atoms with Crippen molar-refractivity contribution in [3.8, 4) is 23.0 Å². The molecule has 0 aliphatic carbocycles. The summed E-state index contributed by atoms with van der Waals surface area (Å²) < 4.78 is 23.3. The van der Waals surface area contributed by atoms with Gasteiger partial charge >= 0.3 is 7.60 Å². The summed E-state index contributed by atoms with van der Waals surface area (Å²) in [6.45, 7) is 7.26. The lowest BCUT2D eigenvalue weighted by molar-refractivity contribution is 0.218. The van der Waals surface area contributed by atoms with Gasteiger partial charge in [-0.3, -0.25) is 4.57 Å². The Morgan fingerprint density at radius 3 is 1.70 bits per heavy atom. The van der Waals surface area contributed by atoms with E-state index in [4.69, 9.17) is 9.05 Å². The minimum atomic E-state index is -3.33. The molecule has 2 aromatic carbocycles. The van der Waals surface area contributed by atoms with E-state index in [1.54, 1.807) is 39.8 Å². The molecule has 2 aromatic rings. The van der Waals surface area contributed by atoms with Crippen molar-refractivity contribution in [2.75, 3.05) is 26.0 Å². The number of hydrogen-bond donors (Lipinski definition) is 5. The monoisotopic (exact) mass is 439 g/mol. The normalized spacial score (nSPS) is 11.9. The van der Waals surface area contributed by atoms with E-state index in [9.17, 15) is 25.0 Å². The van der Waals surface area contributed by atoms with Crippen LogP contribution >= 0.6 is 7.60 Å². The molecule has 5 N–H and O–H groups in total. The van der Waals surface area contributed by atoms with Gasteiger partial charge in [0.2, 0.25) is 0 Å². The summed E-state index contributed by atoms with van der Waals surface area (Å²) in [5.74, 6) is -0.882. The molecule has 0 unspecified atom stereocenters. The van der Waals surface area contributed by atoms with Crippen molar-refractivity contribution >= 4 is 7.60 Å². The van der Waals surface area contributed by atoms with E-state index in [2.05, 4.69) is 5.32 Å². The maximum absolute atomic E-state index is 12.7. The molecule has 30 heavy (non-hydrogen) atoms. The fraction of sp³-hybridized carbons (Fsp3) is 0.429. The molecule has 0 amide bonds. The molecule has 0 bridgehead atoms. The van der Waals surface area contributed by atoms with Crippen LogP contribution in [0.15, 0.2) is 24.3 Å². The fourth-order valence-electron chi connectivity index (χ4n) is 3.24. The first kappa shape index (κ1) is 24.0. The average Bonchev–Trinajstić information content (AvgIpc) is 2.69. The summed E-state index contributed by atoms with van der Waals surface area (Å²) in [5.41, 5.74) is 1.53. The zero-order valence-corrected chi connectivity index (χ0v) is 18.6. The van der Waals surface area contributed by atoms with Gasteiger partial charge in [0.05, 0.1) is 19.5 Å². The number of phenolic OH excluding ortho intramolecular Hbond substituents is 4. The van der Waals surface area contributed by atoms with Gasteiger partial charge in [-0.2, -0.15) is 0 Å². The van der Waals surface area contributed by atoms with Crippen molar-refractivity contribution < 1.29 is 34.0 Å². The first-order chi connectivity index (χ1) is 14.1. The molecule has 9 heteroatoms. The van der Waals surface area contributed by atoms with E-state index >= 15 is 0 Å². The van der Waals surface area contributed by atoms with Crippen molar-refractivity contribution in [1.29, 1.82) is 0 Å². The van der Waals surface area contributed by atoms with E-state index in [1.165, 1.54) is 12.1 Å². The zero-order chi connectivity index (χ0) is 22.5. The van der Waals surface area contributed by atoms with E-state index < -0.39 is 13.5 Å². The van der Waals surface area contributed by atoms with Crippen LogP contribution in [-0.4, -0.2) is 46.5 Å². The first-order valence-electron chi connectivity index (χ1n) is 9.76. The highest BCUT2D eigenvalue weighted by Gasteiger charge is 2.27. The maximum Gasteiger partial charge on any atom is 0.344 e. The molecule has 0 aliphatic rings. The van der Waals surface area contributed by atoms with E-state index in [0.717, 1.165) is 0 Å². The number of hydrogen-bond acceptors (Lipinski definition) is 8. The smallest absolute Gasteiger partial charge is 0.344 e. The van der Waals surface area contributed by atoms with Gasteiger partial charge in [-0.15, -0.1) is 0 Å². The molecule has 0 saturated heterocycles. The first-order valence-corrected chi connectivity index (χ1v) is 11.5. The van der Waals surface area contributed by atoms with Crippen LogP contribution in [0.3, 0.4) is 0 Å². The lowest BCUT2D eigenvalue weighted by Crippen LogP contribution is -2.25. The Kier molecular flexibility index (Phi) is 8.15. The van der Waals surface area contributed by atoms with Crippen molar-refractivity contribution in [1.82, 2.24) is 5.32 Å². The lowest BCUT2D eigenvalue weighted by Gasteiger charge is -2.24. The molecule has 0 saturated carbocycles. The maximum atomic E-state index is 12.7. The second kappa shape index (κ2) is 10.2. The Labute approximate surface area is 176 Å². The number of aromatic hydroxyl groups is 4. The molecule has 0 spiro atoms. The Morgan fingerprint density at radius 2 is 1.30 bits per heavy atom. The van der Waals surface area contributed by atoms with Gasteiger partial charge in [0, 0.05) is 34.7 Å². The molecular formula is C21H30NO7P. The Hall–Kier alpha value is -2.25. The van der Waals surface area contributed by atoms with Crippen molar-refractivity contribution in [3.05, 3.63) is 46.5 Å². The second-order valence-electron chi connectivity index (χ2n) is 6.91. The third-order valence-electron chi connectivity index (χ3n) is 4.92. The quantitative estimate of drug-likeness (QED) is 0.351. The van der Waals surface area contributed by atoms with Crippen LogP contribution < -0.4 is 5.32 Å². The van der Waals surface area contributed by atoms with Gasteiger partial charge in [-0.1, -0.05) is 12.1 Å². The second-order valence-corrected chi connectivity index (χ2v) is 8.96. The SMILES string of the molecule is CCOP(=O)(CNCC(c1ccc(O)c(C)c1O)c1ccc(O)c(C)c1O)OCC. The van der Waals surface area contributed by atoms with Crippen LogP contribution in [-0.2, 0) is 13.6 Å². The summed E-state index contributed by atoms with van der Waals surface area (Å²) in [5, 5.41) is 44.1. The summed E-state index contributed by atoms with van der Waals surface area (Å²) in [6, 6.07) is 6.06. The highest BCUT2D eigenvalue weighted by atomic mass is 31.2. The van der Waals surface area contributed by atoms with Gasteiger partial charge in [-0.25, -0.2) is 0 Å². The largest absolute Gasteiger partial charge is 0.508 e. The number of phenols is 4. The van der Waals surface area contributed by atoms with Crippen molar-refractivity contribution in [2.45, 2.75) is 33.6 Å². The number of nitrogens with one attached hydrogen (secondary N) is 1. The molecule has 0 aliphatic heterocycles. The zero-order valence-electron chi connectivity index (χ0n) is 17.7. The van der Waals surface area contributed by atoms with Gasteiger partial charge in [0.25, 0.3) is 0 Å². The van der Waals surface area contributed by atoms with Crippen molar-refractivity contribution in [3.63, 3.8) is 0 Å². The van der Waals surface area contributed by atoms with Crippen LogP contribution in [0.5, 0.6) is 23.0 Å². The minimum absolute atomic E-state index is 0.0498. The minimum Gasteiger partial charge on any atom is -0.508 e. The molecule has 8 nitrogen and oxygen atoms in total. The van der Waals surface area contributed by atoms with Crippen LogP contribution in [0.25, 0.3) is 0 Å². The third kappa shape index (κ3) is 5.26. The molecule has 0 atom stereocenters. The van der Waals surface area contributed by atoms with E-state index in [-0.39, 0.29) is 49.0 Å². The van der Waals surface area contributed by atoms with E-state index in [1.807, 2.05) is 0 Å². The molecule has 0 fully saturated rings. The predicted molar refractivity (Wildman–Crippen MR) is 115 cm³/mol. The number of benzene rings is 2. The molecular weight excluding hydrogens is 409 g/mol. The summed E-state index contributed by atoms with van der Waals surface area (Å²) in [6.07, 6.45) is -0.0547. The van der Waals surface area contributed by atoms with Gasteiger partial charge < -0.3 is 34.8 Å². The van der Waals surface area contributed by atoms with Gasteiger partial charge in [0.15, 0.2) is 0 Å². The molecule has 0 heterocycles.